The van der Waals surface area contributed by atoms with E-state index in [0.717, 1.165) is 54.4 Å². The van der Waals surface area contributed by atoms with Crippen LogP contribution in [0.1, 0.15) is 70.1 Å². The van der Waals surface area contributed by atoms with E-state index < -0.39 is 5.54 Å². The van der Waals surface area contributed by atoms with Crippen LogP contribution in [-0.2, 0) is 21.5 Å². The van der Waals surface area contributed by atoms with Crippen molar-refractivity contribution < 1.29 is 9.53 Å². The summed E-state index contributed by atoms with van der Waals surface area (Å²) in [5, 5.41) is 7.00. The molecule has 1 aromatic carbocycles. The number of benzene rings is 1. The average molecular weight is 460 g/mol. The van der Waals surface area contributed by atoms with Gasteiger partial charge < -0.3 is 10.1 Å². The molecule has 0 radical (unpaired) electrons. The van der Waals surface area contributed by atoms with E-state index in [1.54, 1.807) is 13.3 Å². The number of amides is 1. The van der Waals surface area contributed by atoms with Crippen molar-refractivity contribution in [2.24, 2.45) is 5.41 Å². The van der Waals surface area contributed by atoms with Gasteiger partial charge in [0.25, 0.3) is 0 Å². The Hall–Kier alpha value is -2.68. The number of carbonyl (C=O) groups excluding carboxylic acids is 1. The molecule has 1 spiro atoms. The summed E-state index contributed by atoms with van der Waals surface area (Å²) in [7, 11) is 1.80. The molecule has 2 N–H and O–H groups in total. The number of nitrogens with zero attached hydrogens (tertiary/aromatic N) is 1. The van der Waals surface area contributed by atoms with Crippen molar-refractivity contribution in [2.75, 3.05) is 13.7 Å². The van der Waals surface area contributed by atoms with E-state index >= 15 is 0 Å². The van der Waals surface area contributed by atoms with E-state index in [1.807, 2.05) is 27.0 Å². The van der Waals surface area contributed by atoms with Crippen molar-refractivity contribution in [1.82, 2.24) is 15.6 Å². The van der Waals surface area contributed by atoms with Crippen molar-refractivity contribution >= 4 is 5.91 Å². The fourth-order valence-electron chi connectivity index (χ4n) is 6.15. The van der Waals surface area contributed by atoms with Crippen LogP contribution in [-0.4, -0.2) is 36.7 Å². The van der Waals surface area contributed by atoms with Crippen LogP contribution in [0.4, 0.5) is 0 Å². The Balaban J connectivity index is 1.86. The van der Waals surface area contributed by atoms with Crippen LogP contribution in [0, 0.1) is 17.3 Å². The number of ether oxygens (including phenoxy) is 1. The highest BCUT2D eigenvalue weighted by atomic mass is 16.5. The second-order valence-corrected chi connectivity index (χ2v) is 10.0. The zero-order valence-electron chi connectivity index (χ0n) is 21.1. The Labute approximate surface area is 204 Å². The third kappa shape index (κ3) is 4.15. The molecular weight excluding hydrogens is 422 g/mol. The molecule has 0 aliphatic heterocycles. The molecule has 1 amide bonds. The van der Waals surface area contributed by atoms with Gasteiger partial charge in [-0.25, -0.2) is 0 Å². The summed E-state index contributed by atoms with van der Waals surface area (Å²) >= 11 is 0. The highest BCUT2D eigenvalue weighted by Crippen LogP contribution is 2.58. The summed E-state index contributed by atoms with van der Waals surface area (Å²) in [6.07, 6.45) is 8.69. The van der Waals surface area contributed by atoms with E-state index in [4.69, 9.17) is 4.74 Å². The summed E-state index contributed by atoms with van der Waals surface area (Å²) in [5.41, 5.74) is 4.39. The summed E-state index contributed by atoms with van der Waals surface area (Å²) in [4.78, 5) is 18.5. The van der Waals surface area contributed by atoms with Crippen LogP contribution in [0.15, 0.2) is 36.7 Å². The maximum absolute atomic E-state index is 14.1. The van der Waals surface area contributed by atoms with Crippen molar-refractivity contribution in [3.05, 3.63) is 53.3 Å². The molecule has 4 rings (SSSR count). The molecule has 1 unspecified atom stereocenters. The molecule has 0 saturated heterocycles. The zero-order valence-corrected chi connectivity index (χ0v) is 21.1. The first-order valence-corrected chi connectivity index (χ1v) is 12.5. The van der Waals surface area contributed by atoms with Gasteiger partial charge in [0.1, 0.15) is 5.54 Å². The van der Waals surface area contributed by atoms with Gasteiger partial charge in [-0.05, 0) is 88.2 Å². The lowest BCUT2D eigenvalue weighted by Crippen LogP contribution is -2.64. The monoisotopic (exact) mass is 459 g/mol. The number of carbonyl (C=O) groups is 1. The van der Waals surface area contributed by atoms with Crippen molar-refractivity contribution in [2.45, 2.75) is 77.5 Å². The molecule has 34 heavy (non-hydrogen) atoms. The molecule has 1 fully saturated rings. The molecule has 5 nitrogen and oxygen atoms in total. The average Bonchev–Trinajstić information content (AvgIpc) is 3.09. The molecule has 5 heteroatoms. The number of pyridine rings is 1. The second kappa shape index (κ2) is 9.90. The molecule has 1 heterocycles. The predicted octanol–water partition coefficient (Wildman–Crippen LogP) is 4.58. The summed E-state index contributed by atoms with van der Waals surface area (Å²) < 4.78 is 5.69. The molecule has 1 atom stereocenters. The normalized spacial score (nSPS) is 25.6. The molecule has 1 aromatic heterocycles. The highest BCUT2D eigenvalue weighted by Gasteiger charge is 2.62. The third-order valence-corrected chi connectivity index (χ3v) is 7.60. The fourth-order valence-corrected chi connectivity index (χ4v) is 6.15. The van der Waals surface area contributed by atoms with Gasteiger partial charge in [-0.3, -0.25) is 15.1 Å². The number of likely N-dealkylation sites (N-methyl/N-ethyl adjacent to an activating group) is 1. The second-order valence-electron chi connectivity index (χ2n) is 10.0. The Kier molecular flexibility index (Phi) is 7.12. The lowest BCUT2D eigenvalue weighted by Gasteiger charge is -2.49. The van der Waals surface area contributed by atoms with Crippen LogP contribution in [0.2, 0.25) is 0 Å². The standard InChI is InChI=1S/C29H37N3O2/c1-6-8-21-15-24(19-30-18-21)22-9-10-23-17-28(13-11-25(34-5)12-14-28)29(31-7-2,26(23)16-22)27(33)32-20(3)4/h9-10,15-16,18-20,25,31H,7,11-14,17H2,1-5H3,(H,32,33). The van der Waals surface area contributed by atoms with Gasteiger partial charge in [-0.15, -0.1) is 5.92 Å². The number of fused-ring (bicyclic) bond motifs is 1. The predicted molar refractivity (Wildman–Crippen MR) is 136 cm³/mol. The molecule has 2 aromatic rings. The molecular formula is C29H37N3O2. The molecule has 2 aliphatic rings. The number of rotatable bonds is 6. The van der Waals surface area contributed by atoms with E-state index in [0.29, 0.717) is 6.54 Å². The lowest BCUT2D eigenvalue weighted by molar-refractivity contribution is -0.137. The van der Waals surface area contributed by atoms with Crippen LogP contribution < -0.4 is 10.6 Å². The molecule has 180 valence electrons. The van der Waals surface area contributed by atoms with Gasteiger partial charge in [0.05, 0.1) is 6.10 Å². The minimum Gasteiger partial charge on any atom is -0.381 e. The highest BCUT2D eigenvalue weighted by molar-refractivity contribution is 5.91. The Morgan fingerprint density at radius 2 is 1.97 bits per heavy atom. The minimum atomic E-state index is -0.773. The number of nitrogens with one attached hydrogen (secondary N) is 2. The van der Waals surface area contributed by atoms with Gasteiger partial charge in [0.2, 0.25) is 5.91 Å². The van der Waals surface area contributed by atoms with Crippen LogP contribution in [0.25, 0.3) is 11.1 Å². The van der Waals surface area contributed by atoms with E-state index in [9.17, 15) is 4.79 Å². The summed E-state index contributed by atoms with van der Waals surface area (Å²) in [6.45, 7) is 8.71. The Bertz CT molecular complexity index is 1110. The smallest absolute Gasteiger partial charge is 0.245 e. The maximum Gasteiger partial charge on any atom is 0.245 e. The number of methoxy groups -OCH3 is 1. The van der Waals surface area contributed by atoms with Gasteiger partial charge in [0, 0.05) is 42.1 Å². The van der Waals surface area contributed by atoms with Crippen molar-refractivity contribution in [1.29, 1.82) is 0 Å². The lowest BCUT2D eigenvalue weighted by atomic mass is 9.60. The van der Waals surface area contributed by atoms with Crippen molar-refractivity contribution in [3.8, 4) is 23.0 Å². The van der Waals surface area contributed by atoms with Crippen molar-refractivity contribution in [3.63, 3.8) is 0 Å². The summed E-state index contributed by atoms with van der Waals surface area (Å²) in [6, 6.07) is 8.74. The number of aromatic nitrogens is 1. The first kappa shape index (κ1) is 24.4. The molecule has 0 bridgehead atoms. The quantitative estimate of drug-likeness (QED) is 0.621. The SMILES string of the molecule is CC#Cc1cncc(-c2ccc3c(c2)C(NCC)(C(=O)NC(C)C)C2(CCC(OC)CC2)C3)c1. The largest absolute Gasteiger partial charge is 0.381 e. The topological polar surface area (TPSA) is 63.2 Å². The first-order chi connectivity index (χ1) is 16.4. The Morgan fingerprint density at radius 3 is 2.62 bits per heavy atom. The first-order valence-electron chi connectivity index (χ1n) is 12.5. The third-order valence-electron chi connectivity index (χ3n) is 7.60. The number of hydrogen-bond acceptors (Lipinski definition) is 4. The van der Waals surface area contributed by atoms with E-state index in [1.165, 1.54) is 5.56 Å². The summed E-state index contributed by atoms with van der Waals surface area (Å²) in [5.74, 6) is 6.14. The van der Waals surface area contributed by atoms with Crippen LogP contribution >= 0.6 is 0 Å². The van der Waals surface area contributed by atoms with E-state index in [2.05, 4.69) is 58.6 Å². The van der Waals surface area contributed by atoms with Gasteiger partial charge >= 0.3 is 0 Å². The number of hydrogen-bond donors (Lipinski definition) is 2. The zero-order chi connectivity index (χ0) is 24.3. The molecule has 2 aliphatic carbocycles. The van der Waals surface area contributed by atoms with Crippen LogP contribution in [0.5, 0.6) is 0 Å². The van der Waals surface area contributed by atoms with E-state index in [-0.39, 0.29) is 23.5 Å². The molecule has 1 saturated carbocycles. The van der Waals surface area contributed by atoms with Gasteiger partial charge in [-0.1, -0.05) is 25.0 Å². The van der Waals surface area contributed by atoms with Gasteiger partial charge in [-0.2, -0.15) is 0 Å². The maximum atomic E-state index is 14.1. The van der Waals surface area contributed by atoms with Gasteiger partial charge in [0.15, 0.2) is 0 Å². The fraction of sp³-hybridized carbons (Fsp3) is 0.517. The Morgan fingerprint density at radius 1 is 1.21 bits per heavy atom. The minimum absolute atomic E-state index is 0.0659. The van der Waals surface area contributed by atoms with Crippen LogP contribution in [0.3, 0.4) is 0 Å².